The third-order valence-electron chi connectivity index (χ3n) is 2.14. The summed E-state index contributed by atoms with van der Waals surface area (Å²) in [6.07, 6.45) is 1.76. The first-order valence-corrected chi connectivity index (χ1v) is 4.73. The van der Waals surface area contributed by atoms with Gasteiger partial charge in [-0.1, -0.05) is 6.07 Å². The summed E-state index contributed by atoms with van der Waals surface area (Å²) in [5.74, 6) is 2.23. The van der Waals surface area contributed by atoms with Crippen LogP contribution in [-0.4, -0.2) is 19.7 Å². The highest BCUT2D eigenvalue weighted by molar-refractivity contribution is 5.29. The van der Waals surface area contributed by atoms with Crippen LogP contribution in [-0.2, 0) is 6.54 Å². The van der Waals surface area contributed by atoms with E-state index in [1.807, 2.05) is 24.6 Å². The van der Waals surface area contributed by atoms with E-state index in [9.17, 15) is 0 Å². The number of nitrogen functional groups attached to an aromatic ring is 1. The summed E-state index contributed by atoms with van der Waals surface area (Å²) < 4.78 is 1.85. The van der Waals surface area contributed by atoms with Crippen molar-refractivity contribution in [3.05, 3.63) is 35.5 Å². The van der Waals surface area contributed by atoms with E-state index in [1.54, 1.807) is 12.3 Å². The standard InChI is InChI=1S/C10H13N5/c1-7-13-8(2)15(14-7)6-9-3-4-10(11)12-5-9/h3-5H,6H2,1-2H3,(H2,11,12). The van der Waals surface area contributed by atoms with Crippen molar-refractivity contribution in [2.75, 3.05) is 5.73 Å². The van der Waals surface area contributed by atoms with Crippen LogP contribution in [0.15, 0.2) is 18.3 Å². The van der Waals surface area contributed by atoms with Crippen LogP contribution < -0.4 is 5.73 Å². The van der Waals surface area contributed by atoms with E-state index in [-0.39, 0.29) is 0 Å². The van der Waals surface area contributed by atoms with Gasteiger partial charge in [0, 0.05) is 6.20 Å². The SMILES string of the molecule is Cc1nc(C)n(Cc2ccc(N)nc2)n1. The molecule has 2 N–H and O–H groups in total. The molecule has 2 heterocycles. The van der Waals surface area contributed by atoms with Crippen LogP contribution in [0.25, 0.3) is 0 Å². The molecule has 5 nitrogen and oxygen atoms in total. The molecule has 0 bridgehead atoms. The van der Waals surface area contributed by atoms with E-state index < -0.39 is 0 Å². The summed E-state index contributed by atoms with van der Waals surface area (Å²) in [5, 5.41) is 4.27. The summed E-state index contributed by atoms with van der Waals surface area (Å²) >= 11 is 0. The zero-order valence-electron chi connectivity index (χ0n) is 8.81. The van der Waals surface area contributed by atoms with Crippen molar-refractivity contribution in [3.63, 3.8) is 0 Å². The zero-order valence-corrected chi connectivity index (χ0v) is 8.81. The quantitative estimate of drug-likeness (QED) is 0.788. The number of rotatable bonds is 2. The Hall–Kier alpha value is -1.91. The fraction of sp³-hybridized carbons (Fsp3) is 0.300. The van der Waals surface area contributed by atoms with Gasteiger partial charge in [0.15, 0.2) is 0 Å². The number of aromatic nitrogens is 4. The second kappa shape index (κ2) is 3.68. The zero-order chi connectivity index (χ0) is 10.8. The topological polar surface area (TPSA) is 69.6 Å². The number of anilines is 1. The molecule has 0 aliphatic heterocycles. The highest BCUT2D eigenvalue weighted by Crippen LogP contribution is 2.05. The summed E-state index contributed by atoms with van der Waals surface area (Å²) in [5.41, 5.74) is 6.58. The Labute approximate surface area is 88.0 Å². The molecule has 2 rings (SSSR count). The summed E-state index contributed by atoms with van der Waals surface area (Å²) in [7, 11) is 0. The second-order valence-corrected chi connectivity index (χ2v) is 3.46. The summed E-state index contributed by atoms with van der Waals surface area (Å²) in [4.78, 5) is 8.26. The number of aryl methyl sites for hydroxylation is 2. The van der Waals surface area contributed by atoms with E-state index in [0.29, 0.717) is 12.4 Å². The molecular formula is C10H13N5. The maximum absolute atomic E-state index is 5.51. The first-order valence-electron chi connectivity index (χ1n) is 4.73. The maximum Gasteiger partial charge on any atom is 0.147 e. The van der Waals surface area contributed by atoms with Gasteiger partial charge in [0.05, 0.1) is 6.54 Å². The lowest BCUT2D eigenvalue weighted by molar-refractivity contribution is 0.655. The molecule has 15 heavy (non-hydrogen) atoms. The first kappa shape index (κ1) is 9.64. The van der Waals surface area contributed by atoms with Gasteiger partial charge in [0.25, 0.3) is 0 Å². The maximum atomic E-state index is 5.51. The van der Waals surface area contributed by atoms with Crippen molar-refractivity contribution in [2.45, 2.75) is 20.4 Å². The van der Waals surface area contributed by atoms with Crippen molar-refractivity contribution < 1.29 is 0 Å². The summed E-state index contributed by atoms with van der Waals surface area (Å²) in [6, 6.07) is 3.73. The van der Waals surface area contributed by atoms with Gasteiger partial charge in [0.1, 0.15) is 17.5 Å². The van der Waals surface area contributed by atoms with E-state index in [2.05, 4.69) is 15.1 Å². The van der Waals surface area contributed by atoms with Crippen LogP contribution >= 0.6 is 0 Å². The fourth-order valence-corrected chi connectivity index (χ4v) is 1.41. The smallest absolute Gasteiger partial charge is 0.147 e. The average Bonchev–Trinajstić information content (AvgIpc) is 2.49. The molecular weight excluding hydrogens is 190 g/mol. The molecule has 0 aromatic carbocycles. The fourth-order valence-electron chi connectivity index (χ4n) is 1.41. The normalized spacial score (nSPS) is 10.5. The van der Waals surface area contributed by atoms with Crippen molar-refractivity contribution in [1.82, 2.24) is 19.7 Å². The lowest BCUT2D eigenvalue weighted by atomic mass is 10.3. The third-order valence-corrected chi connectivity index (χ3v) is 2.14. The molecule has 2 aromatic heterocycles. The Bertz CT molecular complexity index is 457. The highest BCUT2D eigenvalue weighted by atomic mass is 15.3. The number of pyridine rings is 1. The Morgan fingerprint density at radius 3 is 2.67 bits per heavy atom. The Morgan fingerprint density at radius 1 is 1.33 bits per heavy atom. The van der Waals surface area contributed by atoms with Gasteiger partial charge in [-0.25, -0.2) is 14.6 Å². The number of nitrogens with zero attached hydrogens (tertiary/aromatic N) is 4. The Morgan fingerprint density at radius 2 is 2.13 bits per heavy atom. The second-order valence-electron chi connectivity index (χ2n) is 3.46. The van der Waals surface area contributed by atoms with E-state index in [1.165, 1.54) is 0 Å². The van der Waals surface area contributed by atoms with Crippen LogP contribution in [0.4, 0.5) is 5.82 Å². The highest BCUT2D eigenvalue weighted by Gasteiger charge is 2.03. The van der Waals surface area contributed by atoms with Gasteiger partial charge in [-0.15, -0.1) is 0 Å². The first-order chi connectivity index (χ1) is 7.15. The Balaban J connectivity index is 2.21. The number of nitrogens with two attached hydrogens (primary N) is 1. The monoisotopic (exact) mass is 203 g/mol. The van der Waals surface area contributed by atoms with Crippen molar-refractivity contribution in [1.29, 1.82) is 0 Å². The van der Waals surface area contributed by atoms with E-state index >= 15 is 0 Å². The predicted molar refractivity (Wildman–Crippen MR) is 57.2 cm³/mol. The van der Waals surface area contributed by atoms with Crippen LogP contribution in [0, 0.1) is 13.8 Å². The molecule has 2 aromatic rings. The molecule has 0 radical (unpaired) electrons. The van der Waals surface area contributed by atoms with Gasteiger partial charge in [-0.2, -0.15) is 5.10 Å². The van der Waals surface area contributed by atoms with Gasteiger partial charge in [-0.05, 0) is 25.5 Å². The number of hydrogen-bond donors (Lipinski definition) is 1. The minimum absolute atomic E-state index is 0.533. The van der Waals surface area contributed by atoms with Crippen molar-refractivity contribution in [2.24, 2.45) is 0 Å². The molecule has 5 heteroatoms. The van der Waals surface area contributed by atoms with Crippen LogP contribution in [0.3, 0.4) is 0 Å². The van der Waals surface area contributed by atoms with Gasteiger partial charge in [-0.3, -0.25) is 0 Å². The molecule has 0 aliphatic rings. The minimum Gasteiger partial charge on any atom is -0.384 e. The van der Waals surface area contributed by atoms with Crippen molar-refractivity contribution in [3.8, 4) is 0 Å². The molecule has 0 fully saturated rings. The largest absolute Gasteiger partial charge is 0.384 e. The Kier molecular flexibility index (Phi) is 2.37. The predicted octanol–water partition coefficient (Wildman–Crippen LogP) is 0.920. The average molecular weight is 203 g/mol. The lowest BCUT2D eigenvalue weighted by Gasteiger charge is -2.02. The summed E-state index contributed by atoms with van der Waals surface area (Å²) in [6.45, 7) is 4.50. The van der Waals surface area contributed by atoms with E-state index in [0.717, 1.165) is 17.2 Å². The molecule has 78 valence electrons. The van der Waals surface area contributed by atoms with Crippen LogP contribution in [0.5, 0.6) is 0 Å². The molecule has 0 atom stereocenters. The molecule has 0 saturated carbocycles. The van der Waals surface area contributed by atoms with Gasteiger partial charge >= 0.3 is 0 Å². The lowest BCUT2D eigenvalue weighted by Crippen LogP contribution is -2.04. The molecule has 0 aliphatic carbocycles. The molecule has 0 unspecified atom stereocenters. The minimum atomic E-state index is 0.533. The van der Waals surface area contributed by atoms with Gasteiger partial charge < -0.3 is 5.73 Å². The molecule has 0 spiro atoms. The van der Waals surface area contributed by atoms with Crippen LogP contribution in [0.1, 0.15) is 17.2 Å². The molecule has 0 amide bonds. The number of hydrogen-bond acceptors (Lipinski definition) is 4. The van der Waals surface area contributed by atoms with Crippen molar-refractivity contribution >= 4 is 5.82 Å². The molecule has 0 saturated heterocycles. The van der Waals surface area contributed by atoms with E-state index in [4.69, 9.17) is 5.73 Å². The third kappa shape index (κ3) is 2.12. The van der Waals surface area contributed by atoms with Gasteiger partial charge in [0.2, 0.25) is 0 Å². The van der Waals surface area contributed by atoms with Crippen LogP contribution in [0.2, 0.25) is 0 Å².